The highest BCUT2D eigenvalue weighted by Crippen LogP contribution is 2.39. The smallest absolute Gasteiger partial charge is 0.224 e. The summed E-state index contributed by atoms with van der Waals surface area (Å²) in [5, 5.41) is 21.3. The molecule has 0 amide bonds. The van der Waals surface area contributed by atoms with Crippen LogP contribution >= 0.6 is 0 Å². The molecule has 1 fully saturated rings. The molecule has 0 aliphatic heterocycles. The van der Waals surface area contributed by atoms with E-state index in [1.807, 2.05) is 12.1 Å². The molecule has 6 N–H and O–H groups in total. The summed E-state index contributed by atoms with van der Waals surface area (Å²) in [6.45, 7) is 0.407. The van der Waals surface area contributed by atoms with Crippen LogP contribution in [0, 0.1) is 5.41 Å². The summed E-state index contributed by atoms with van der Waals surface area (Å²) in [6.07, 6.45) is 5.34. The van der Waals surface area contributed by atoms with E-state index in [4.69, 9.17) is 15.9 Å². The van der Waals surface area contributed by atoms with E-state index in [2.05, 4.69) is 30.8 Å². The highest BCUT2D eigenvalue weighted by molar-refractivity contribution is 5.87. The highest BCUT2D eigenvalue weighted by atomic mass is 16.5. The first kappa shape index (κ1) is 17.8. The lowest BCUT2D eigenvalue weighted by Crippen LogP contribution is -2.08. The van der Waals surface area contributed by atoms with Crippen LogP contribution < -0.4 is 21.1 Å². The predicted molar refractivity (Wildman–Crippen MR) is 108 cm³/mol. The summed E-state index contributed by atoms with van der Waals surface area (Å²) >= 11 is 0. The van der Waals surface area contributed by atoms with E-state index >= 15 is 0 Å². The number of ether oxygens (including phenoxy) is 1. The Balaban J connectivity index is 1.46. The van der Waals surface area contributed by atoms with Crippen molar-refractivity contribution in [1.29, 1.82) is 5.41 Å². The highest BCUT2D eigenvalue weighted by Gasteiger charge is 2.25. The van der Waals surface area contributed by atoms with Gasteiger partial charge in [0.1, 0.15) is 11.6 Å². The predicted octanol–water partition coefficient (Wildman–Crippen LogP) is 3.02. The summed E-state index contributed by atoms with van der Waals surface area (Å²) in [7, 11) is 1.58. The van der Waals surface area contributed by atoms with Gasteiger partial charge in [0.25, 0.3) is 0 Å². The molecule has 1 aliphatic carbocycles. The van der Waals surface area contributed by atoms with Crippen molar-refractivity contribution in [1.82, 2.24) is 20.2 Å². The van der Waals surface area contributed by atoms with Crippen molar-refractivity contribution in [3.8, 4) is 5.75 Å². The third-order valence-corrected chi connectivity index (χ3v) is 4.61. The molecule has 2 heterocycles. The number of methoxy groups -OCH3 is 1. The number of anilines is 4. The summed E-state index contributed by atoms with van der Waals surface area (Å²) in [6, 6.07) is 7.34. The lowest BCUT2D eigenvalue weighted by molar-refractivity contribution is 0.414. The van der Waals surface area contributed by atoms with Crippen molar-refractivity contribution >= 4 is 29.5 Å². The molecular formula is C19H22N8O. The van der Waals surface area contributed by atoms with Gasteiger partial charge in [-0.15, -0.1) is 0 Å². The number of nitrogens with zero attached hydrogens (tertiary/aromatic N) is 3. The van der Waals surface area contributed by atoms with Crippen molar-refractivity contribution < 1.29 is 4.74 Å². The molecule has 0 bridgehead atoms. The first-order valence-electron chi connectivity index (χ1n) is 9.02. The van der Waals surface area contributed by atoms with Crippen LogP contribution in [0.15, 0.2) is 30.5 Å². The summed E-state index contributed by atoms with van der Waals surface area (Å²) in [5.41, 5.74) is 9.13. The van der Waals surface area contributed by atoms with Gasteiger partial charge in [0.15, 0.2) is 5.82 Å². The number of hydrogen-bond donors (Lipinski definition) is 5. The van der Waals surface area contributed by atoms with Crippen LogP contribution in [0.25, 0.3) is 0 Å². The normalized spacial score (nSPS) is 13.2. The molecule has 0 unspecified atom stereocenters. The number of benzene rings is 1. The molecule has 2 aromatic heterocycles. The van der Waals surface area contributed by atoms with Crippen LogP contribution in [0.1, 0.15) is 35.6 Å². The minimum absolute atomic E-state index is 0.407. The molecule has 1 aromatic carbocycles. The number of aromatic nitrogens is 4. The first-order valence-corrected chi connectivity index (χ1v) is 9.02. The first-order chi connectivity index (χ1) is 13.7. The van der Waals surface area contributed by atoms with Gasteiger partial charge < -0.3 is 26.5 Å². The molecule has 0 saturated heterocycles. The van der Waals surface area contributed by atoms with Gasteiger partial charge in [-0.25, -0.2) is 4.98 Å². The van der Waals surface area contributed by atoms with Crippen molar-refractivity contribution in [3.05, 3.63) is 47.3 Å². The molecule has 0 spiro atoms. The number of nitrogens with one attached hydrogen (secondary N) is 4. The fourth-order valence-electron chi connectivity index (χ4n) is 2.97. The number of nitrogen functional groups attached to an aromatic ring is 1. The van der Waals surface area contributed by atoms with Crippen molar-refractivity contribution in [3.63, 3.8) is 0 Å². The Labute approximate surface area is 162 Å². The van der Waals surface area contributed by atoms with Crippen LogP contribution in [0.3, 0.4) is 0 Å². The zero-order valence-electron chi connectivity index (χ0n) is 15.5. The van der Waals surface area contributed by atoms with Gasteiger partial charge >= 0.3 is 0 Å². The second-order valence-electron chi connectivity index (χ2n) is 6.66. The van der Waals surface area contributed by atoms with Crippen molar-refractivity contribution in [2.75, 3.05) is 23.5 Å². The fraction of sp³-hybridized carbons (Fsp3) is 0.263. The van der Waals surface area contributed by atoms with Crippen LogP contribution in [-0.4, -0.2) is 33.5 Å². The summed E-state index contributed by atoms with van der Waals surface area (Å²) < 4.78 is 5.26. The fourth-order valence-corrected chi connectivity index (χ4v) is 2.97. The Morgan fingerprint density at radius 3 is 2.93 bits per heavy atom. The van der Waals surface area contributed by atoms with Gasteiger partial charge in [-0.2, -0.15) is 10.1 Å². The Kier molecular flexibility index (Phi) is 4.79. The number of hydrogen-bond acceptors (Lipinski definition) is 8. The number of H-pyrrole nitrogens is 1. The van der Waals surface area contributed by atoms with Crippen LogP contribution in [-0.2, 0) is 6.54 Å². The van der Waals surface area contributed by atoms with E-state index in [0.717, 1.165) is 17.1 Å². The zero-order chi connectivity index (χ0) is 19.5. The minimum atomic E-state index is 0.407. The van der Waals surface area contributed by atoms with E-state index < -0.39 is 0 Å². The van der Waals surface area contributed by atoms with E-state index in [0.29, 0.717) is 41.2 Å². The van der Waals surface area contributed by atoms with Crippen molar-refractivity contribution in [2.24, 2.45) is 0 Å². The minimum Gasteiger partial charge on any atom is -0.497 e. The largest absolute Gasteiger partial charge is 0.497 e. The molecule has 0 radical (unpaired) electrons. The van der Waals surface area contributed by atoms with Crippen LogP contribution in [0.5, 0.6) is 5.75 Å². The quantitative estimate of drug-likeness (QED) is 0.300. The van der Waals surface area contributed by atoms with Gasteiger partial charge in [-0.05, 0) is 30.5 Å². The third kappa shape index (κ3) is 3.88. The second-order valence-corrected chi connectivity index (χ2v) is 6.66. The SMILES string of the molecule is COc1cc(N)c(C=N)c(CNc2nccc(Nc3cc(C4CC4)[nH]n3)n2)c1. The Hall–Kier alpha value is -3.62. The molecular weight excluding hydrogens is 356 g/mol. The molecule has 3 aromatic rings. The average Bonchev–Trinajstić information content (AvgIpc) is 3.45. The Morgan fingerprint density at radius 2 is 2.18 bits per heavy atom. The van der Waals surface area contributed by atoms with Crippen LogP contribution in [0.4, 0.5) is 23.3 Å². The van der Waals surface area contributed by atoms with E-state index in [1.165, 1.54) is 19.1 Å². The van der Waals surface area contributed by atoms with Crippen LogP contribution in [0.2, 0.25) is 0 Å². The molecule has 144 valence electrons. The maximum Gasteiger partial charge on any atom is 0.224 e. The standard InChI is InChI=1S/C19H22N8O/c1-28-13-6-12(14(9-20)15(21)7-13)10-23-19-22-5-4-17(25-19)24-18-8-16(26-27-18)11-2-3-11/h4-9,11,20H,2-3,10,21H2,1H3,(H3,22,23,24,25,26,27). The number of rotatable bonds is 8. The van der Waals surface area contributed by atoms with Gasteiger partial charge in [0.2, 0.25) is 5.95 Å². The molecule has 9 nitrogen and oxygen atoms in total. The molecule has 4 rings (SSSR count). The zero-order valence-corrected chi connectivity index (χ0v) is 15.5. The lowest BCUT2D eigenvalue weighted by Gasteiger charge is -2.12. The molecule has 1 saturated carbocycles. The molecule has 0 atom stereocenters. The number of nitrogens with two attached hydrogens (primary N) is 1. The third-order valence-electron chi connectivity index (χ3n) is 4.61. The molecule has 1 aliphatic rings. The second kappa shape index (κ2) is 7.55. The monoisotopic (exact) mass is 378 g/mol. The maximum absolute atomic E-state index is 7.61. The summed E-state index contributed by atoms with van der Waals surface area (Å²) in [5.74, 6) is 3.09. The number of aromatic amines is 1. The van der Waals surface area contributed by atoms with Gasteiger partial charge in [-0.1, -0.05) is 0 Å². The average molecular weight is 378 g/mol. The Morgan fingerprint density at radius 1 is 1.32 bits per heavy atom. The Bertz CT molecular complexity index is 995. The lowest BCUT2D eigenvalue weighted by atomic mass is 10.1. The summed E-state index contributed by atoms with van der Waals surface area (Å²) in [4.78, 5) is 8.72. The van der Waals surface area contributed by atoms with E-state index in [-0.39, 0.29) is 0 Å². The van der Waals surface area contributed by atoms with Gasteiger partial charge in [0, 0.05) is 54.0 Å². The maximum atomic E-state index is 7.61. The van der Waals surface area contributed by atoms with Gasteiger partial charge in [-0.3, -0.25) is 5.10 Å². The topological polar surface area (TPSA) is 138 Å². The molecule has 28 heavy (non-hydrogen) atoms. The van der Waals surface area contributed by atoms with E-state index in [1.54, 1.807) is 25.4 Å². The van der Waals surface area contributed by atoms with E-state index in [9.17, 15) is 0 Å². The van der Waals surface area contributed by atoms with Gasteiger partial charge in [0.05, 0.1) is 7.11 Å². The molecule has 9 heteroatoms. The van der Waals surface area contributed by atoms with Crippen molar-refractivity contribution in [2.45, 2.75) is 25.3 Å².